The number of aliphatic hydroxyl groups excluding tert-OH is 1. The summed E-state index contributed by atoms with van der Waals surface area (Å²) >= 11 is 12.0. The summed E-state index contributed by atoms with van der Waals surface area (Å²) in [7, 11) is 1.66. The quantitative estimate of drug-likeness (QED) is 0.893. The van der Waals surface area contributed by atoms with Crippen LogP contribution in [0, 0.1) is 0 Å². The molecule has 1 aliphatic rings. The lowest BCUT2D eigenvalue weighted by Crippen LogP contribution is -2.34. The van der Waals surface area contributed by atoms with Gasteiger partial charge >= 0.3 is 5.97 Å². The molecular formula is C12H13Cl2NO3. The normalized spacial score (nSPS) is 22.3. The summed E-state index contributed by atoms with van der Waals surface area (Å²) in [6.07, 6.45) is -0.250. The number of halogens is 2. The van der Waals surface area contributed by atoms with Crippen molar-refractivity contribution >= 4 is 29.2 Å². The average Bonchev–Trinajstić information content (AvgIpc) is 2.53. The number of carboxylic acid groups (broad SMARTS) is 1. The molecule has 6 heteroatoms. The number of benzene rings is 1. The summed E-state index contributed by atoms with van der Waals surface area (Å²) in [5.41, 5.74) is 1.65. The minimum atomic E-state index is -0.939. The maximum Gasteiger partial charge on any atom is 0.317 e. The van der Waals surface area contributed by atoms with Crippen molar-refractivity contribution in [3.05, 3.63) is 33.3 Å². The molecule has 1 aliphatic carbocycles. The van der Waals surface area contributed by atoms with Gasteiger partial charge in [0.2, 0.25) is 0 Å². The number of hydrogen-bond acceptors (Lipinski definition) is 3. The van der Waals surface area contributed by atoms with Gasteiger partial charge in [0, 0.05) is 16.5 Å². The van der Waals surface area contributed by atoms with Crippen molar-refractivity contribution in [3.63, 3.8) is 0 Å². The van der Waals surface area contributed by atoms with E-state index in [2.05, 4.69) is 0 Å². The summed E-state index contributed by atoms with van der Waals surface area (Å²) < 4.78 is 0. The van der Waals surface area contributed by atoms with Crippen LogP contribution in [0.4, 0.5) is 0 Å². The first-order valence-corrected chi connectivity index (χ1v) is 6.23. The van der Waals surface area contributed by atoms with Crippen LogP contribution in [0.5, 0.6) is 0 Å². The zero-order chi connectivity index (χ0) is 13.4. The van der Waals surface area contributed by atoms with E-state index in [0.717, 1.165) is 11.1 Å². The lowest BCUT2D eigenvalue weighted by molar-refractivity contribution is -0.139. The van der Waals surface area contributed by atoms with Gasteiger partial charge in [0.15, 0.2) is 0 Å². The molecule has 18 heavy (non-hydrogen) atoms. The number of aliphatic hydroxyl groups is 1. The Labute approximate surface area is 115 Å². The molecule has 0 fully saturated rings. The first-order valence-electron chi connectivity index (χ1n) is 5.48. The molecular weight excluding hydrogens is 277 g/mol. The molecule has 0 heterocycles. The largest absolute Gasteiger partial charge is 0.480 e. The number of hydrogen-bond donors (Lipinski definition) is 2. The molecule has 0 aliphatic heterocycles. The maximum atomic E-state index is 10.7. The minimum absolute atomic E-state index is 0.148. The van der Waals surface area contributed by atoms with Gasteiger partial charge in [-0.25, -0.2) is 0 Å². The molecule has 1 aromatic rings. The molecule has 1 aromatic carbocycles. The molecule has 98 valence electrons. The van der Waals surface area contributed by atoms with Crippen molar-refractivity contribution in [3.8, 4) is 0 Å². The highest BCUT2D eigenvalue weighted by Gasteiger charge is 2.36. The van der Waals surface area contributed by atoms with E-state index >= 15 is 0 Å². The van der Waals surface area contributed by atoms with Crippen LogP contribution in [0.2, 0.25) is 10.0 Å². The zero-order valence-corrected chi connectivity index (χ0v) is 11.2. The van der Waals surface area contributed by atoms with Crippen LogP contribution in [-0.4, -0.2) is 40.8 Å². The Hall–Kier alpha value is -0.810. The van der Waals surface area contributed by atoms with Gasteiger partial charge in [-0.2, -0.15) is 0 Å². The van der Waals surface area contributed by atoms with Crippen molar-refractivity contribution in [2.45, 2.75) is 18.6 Å². The highest BCUT2D eigenvalue weighted by molar-refractivity contribution is 6.35. The van der Waals surface area contributed by atoms with E-state index in [4.69, 9.17) is 28.3 Å². The molecule has 0 saturated carbocycles. The molecule has 0 radical (unpaired) electrons. The van der Waals surface area contributed by atoms with Crippen molar-refractivity contribution in [1.29, 1.82) is 0 Å². The van der Waals surface area contributed by atoms with Gasteiger partial charge in [0.1, 0.15) is 0 Å². The van der Waals surface area contributed by atoms with Crippen LogP contribution in [0.3, 0.4) is 0 Å². The third-order valence-electron chi connectivity index (χ3n) is 3.15. The summed E-state index contributed by atoms with van der Waals surface area (Å²) in [5, 5.41) is 19.9. The highest BCUT2D eigenvalue weighted by Crippen LogP contribution is 2.40. The predicted molar refractivity (Wildman–Crippen MR) is 69.2 cm³/mol. The van der Waals surface area contributed by atoms with Crippen LogP contribution < -0.4 is 0 Å². The molecule has 2 rings (SSSR count). The van der Waals surface area contributed by atoms with Crippen LogP contribution in [0.1, 0.15) is 17.2 Å². The van der Waals surface area contributed by atoms with Crippen LogP contribution in [-0.2, 0) is 11.2 Å². The number of rotatable bonds is 3. The number of aliphatic carboxylic acids is 1. The first kappa shape index (κ1) is 13.6. The van der Waals surface area contributed by atoms with E-state index in [0.29, 0.717) is 16.5 Å². The lowest BCUT2D eigenvalue weighted by atomic mass is 10.1. The predicted octanol–water partition coefficient (Wildman–Crippen LogP) is 1.97. The summed E-state index contributed by atoms with van der Waals surface area (Å²) in [6.45, 7) is -0.148. The third kappa shape index (κ3) is 2.47. The van der Waals surface area contributed by atoms with Gasteiger partial charge in [-0.3, -0.25) is 9.69 Å². The Balaban J connectivity index is 2.38. The second kappa shape index (κ2) is 5.05. The Morgan fingerprint density at radius 1 is 1.50 bits per heavy atom. The molecule has 2 N–H and O–H groups in total. The second-order valence-electron chi connectivity index (χ2n) is 4.48. The minimum Gasteiger partial charge on any atom is -0.480 e. The Morgan fingerprint density at radius 2 is 2.17 bits per heavy atom. The molecule has 0 amide bonds. The lowest BCUT2D eigenvalue weighted by Gasteiger charge is -2.26. The van der Waals surface area contributed by atoms with Crippen molar-refractivity contribution in [1.82, 2.24) is 4.90 Å². The van der Waals surface area contributed by atoms with Gasteiger partial charge in [0.25, 0.3) is 0 Å². The van der Waals surface area contributed by atoms with Crippen LogP contribution in [0.15, 0.2) is 12.1 Å². The van der Waals surface area contributed by atoms with E-state index in [1.54, 1.807) is 24.1 Å². The average molecular weight is 290 g/mol. The van der Waals surface area contributed by atoms with E-state index in [1.807, 2.05) is 0 Å². The van der Waals surface area contributed by atoms with Crippen LogP contribution >= 0.6 is 23.2 Å². The smallest absolute Gasteiger partial charge is 0.317 e. The fraction of sp³-hybridized carbons (Fsp3) is 0.417. The van der Waals surface area contributed by atoms with E-state index < -0.39 is 12.1 Å². The molecule has 0 spiro atoms. The van der Waals surface area contributed by atoms with Gasteiger partial charge in [-0.1, -0.05) is 23.2 Å². The Bertz CT molecular complexity index is 492. The second-order valence-corrected chi connectivity index (χ2v) is 5.32. The molecule has 0 saturated heterocycles. The molecule has 2 atom stereocenters. The fourth-order valence-corrected chi connectivity index (χ4v) is 3.06. The van der Waals surface area contributed by atoms with Crippen molar-refractivity contribution in [2.24, 2.45) is 0 Å². The number of likely N-dealkylation sites (N-methyl/N-ethyl adjacent to an activating group) is 1. The van der Waals surface area contributed by atoms with E-state index in [1.165, 1.54) is 0 Å². The molecule has 0 bridgehead atoms. The van der Waals surface area contributed by atoms with Crippen molar-refractivity contribution in [2.75, 3.05) is 13.6 Å². The van der Waals surface area contributed by atoms with Gasteiger partial charge in [-0.05, 0) is 30.3 Å². The summed E-state index contributed by atoms with van der Waals surface area (Å²) in [6, 6.07) is 2.99. The summed E-state index contributed by atoms with van der Waals surface area (Å²) in [5.74, 6) is -0.939. The maximum absolute atomic E-state index is 10.7. The van der Waals surface area contributed by atoms with Gasteiger partial charge in [0.05, 0.1) is 18.7 Å². The Kier molecular flexibility index (Phi) is 3.82. The fourth-order valence-electron chi connectivity index (χ4n) is 2.47. The highest BCUT2D eigenvalue weighted by atomic mass is 35.5. The standard InChI is InChI=1S/C12H13Cl2NO3/c1-15(5-11(17)18)12-8-2-6(13)3-9(14)7(8)4-10(12)16/h2-3,10,12,16H,4-5H2,1H3,(H,17,18)/t10-,12+/m0/s1. The van der Waals surface area contributed by atoms with Crippen LogP contribution in [0.25, 0.3) is 0 Å². The van der Waals surface area contributed by atoms with E-state index in [9.17, 15) is 9.90 Å². The Morgan fingerprint density at radius 3 is 2.78 bits per heavy atom. The SMILES string of the molecule is CN(CC(=O)O)[C@@H]1c2cc(Cl)cc(Cl)c2C[C@@H]1O. The third-order valence-corrected chi connectivity index (χ3v) is 3.71. The van der Waals surface area contributed by atoms with Gasteiger partial charge in [-0.15, -0.1) is 0 Å². The number of carbonyl (C=O) groups is 1. The van der Waals surface area contributed by atoms with Crippen molar-refractivity contribution < 1.29 is 15.0 Å². The summed E-state index contributed by atoms with van der Waals surface area (Å²) in [4.78, 5) is 12.3. The first-order chi connectivity index (χ1) is 8.40. The zero-order valence-electron chi connectivity index (χ0n) is 9.73. The van der Waals surface area contributed by atoms with E-state index in [-0.39, 0.29) is 12.6 Å². The molecule has 4 nitrogen and oxygen atoms in total. The monoisotopic (exact) mass is 289 g/mol. The number of nitrogens with zero attached hydrogens (tertiary/aromatic N) is 1. The molecule has 0 aromatic heterocycles. The topological polar surface area (TPSA) is 60.8 Å². The van der Waals surface area contributed by atoms with Gasteiger partial charge < -0.3 is 10.2 Å². The molecule has 0 unspecified atom stereocenters. The number of fused-ring (bicyclic) bond motifs is 1. The number of carboxylic acids is 1.